The number of hydrogen-bond donors (Lipinski definition) is 1. The Morgan fingerprint density at radius 3 is 2.81 bits per heavy atom. The molecule has 1 N–H and O–H groups in total. The molecule has 0 fully saturated rings. The predicted octanol–water partition coefficient (Wildman–Crippen LogP) is 5.50. The molecule has 1 aromatic heterocycles. The van der Waals surface area contributed by atoms with Crippen molar-refractivity contribution in [2.24, 2.45) is 0 Å². The number of carbonyl (C=O) groups excluding carboxylic acids is 1. The van der Waals surface area contributed by atoms with Crippen LogP contribution in [0, 0.1) is 0 Å². The third-order valence-corrected chi connectivity index (χ3v) is 5.27. The fraction of sp³-hybridized carbons (Fsp3) is 0.0526. The molecule has 0 radical (unpaired) electrons. The molecule has 0 saturated carbocycles. The third-order valence-electron chi connectivity index (χ3n) is 3.77. The number of aromatic nitrogens is 1. The van der Waals surface area contributed by atoms with E-state index in [4.69, 9.17) is 32.7 Å². The Morgan fingerprint density at radius 2 is 1.96 bits per heavy atom. The van der Waals surface area contributed by atoms with Crippen LogP contribution in [0.2, 0.25) is 10.0 Å². The van der Waals surface area contributed by atoms with E-state index in [-0.39, 0.29) is 12.7 Å². The van der Waals surface area contributed by atoms with Crippen molar-refractivity contribution in [2.45, 2.75) is 0 Å². The van der Waals surface area contributed by atoms with Crippen molar-refractivity contribution in [3.8, 4) is 22.8 Å². The van der Waals surface area contributed by atoms with Crippen LogP contribution in [0.1, 0.15) is 5.56 Å². The Balaban J connectivity index is 1.42. The highest BCUT2D eigenvalue weighted by atomic mass is 35.5. The van der Waals surface area contributed by atoms with E-state index in [1.165, 1.54) is 17.4 Å². The first-order valence-electron chi connectivity index (χ1n) is 7.88. The van der Waals surface area contributed by atoms with Gasteiger partial charge in [0.05, 0.1) is 15.7 Å². The van der Waals surface area contributed by atoms with Gasteiger partial charge in [0.2, 0.25) is 12.7 Å². The molecule has 2 aromatic carbocycles. The molecule has 0 spiro atoms. The molecule has 1 aliphatic heterocycles. The number of benzene rings is 2. The van der Waals surface area contributed by atoms with Crippen molar-refractivity contribution >= 4 is 51.7 Å². The summed E-state index contributed by atoms with van der Waals surface area (Å²) in [6.07, 6.45) is 3.14. The lowest BCUT2D eigenvalue weighted by Gasteiger charge is -2.00. The molecule has 0 atom stereocenters. The Labute approximate surface area is 169 Å². The van der Waals surface area contributed by atoms with E-state index in [1.807, 2.05) is 29.6 Å². The van der Waals surface area contributed by atoms with Crippen LogP contribution in [0.3, 0.4) is 0 Å². The first-order valence-corrected chi connectivity index (χ1v) is 9.52. The minimum atomic E-state index is -0.275. The summed E-state index contributed by atoms with van der Waals surface area (Å²) in [5.74, 6) is 1.10. The molecule has 136 valence electrons. The standard InChI is InChI=1S/C19H12Cl2N2O3S/c20-13-4-3-12(8-14(13)21)15-9-27-19(22-15)23-18(24)6-2-11-1-5-16-17(7-11)26-10-25-16/h1-9H,10H2,(H,22,23,24)/b6-2+. The smallest absolute Gasteiger partial charge is 0.250 e. The van der Waals surface area contributed by atoms with Crippen LogP contribution < -0.4 is 14.8 Å². The summed E-state index contributed by atoms with van der Waals surface area (Å²) in [5.41, 5.74) is 2.38. The molecule has 5 nitrogen and oxygen atoms in total. The van der Waals surface area contributed by atoms with Crippen LogP contribution in [-0.2, 0) is 4.79 Å². The third kappa shape index (κ3) is 4.08. The number of anilines is 1. The lowest BCUT2D eigenvalue weighted by molar-refractivity contribution is -0.111. The van der Waals surface area contributed by atoms with Crippen LogP contribution in [-0.4, -0.2) is 17.7 Å². The zero-order valence-corrected chi connectivity index (χ0v) is 16.1. The van der Waals surface area contributed by atoms with E-state index in [1.54, 1.807) is 18.2 Å². The molecule has 2 heterocycles. The Hall–Kier alpha value is -2.54. The number of fused-ring (bicyclic) bond motifs is 1. The maximum Gasteiger partial charge on any atom is 0.250 e. The fourth-order valence-electron chi connectivity index (χ4n) is 2.45. The van der Waals surface area contributed by atoms with Crippen molar-refractivity contribution in [3.05, 3.63) is 63.5 Å². The quantitative estimate of drug-likeness (QED) is 0.568. The second-order valence-corrected chi connectivity index (χ2v) is 7.27. The van der Waals surface area contributed by atoms with Crippen molar-refractivity contribution in [1.82, 2.24) is 4.98 Å². The number of halogens is 2. The maximum absolute atomic E-state index is 12.1. The van der Waals surface area contributed by atoms with Gasteiger partial charge in [0.15, 0.2) is 16.6 Å². The first kappa shape index (κ1) is 17.9. The second-order valence-electron chi connectivity index (χ2n) is 5.60. The molecule has 1 aliphatic rings. The predicted molar refractivity (Wildman–Crippen MR) is 108 cm³/mol. The van der Waals surface area contributed by atoms with Gasteiger partial charge in [-0.2, -0.15) is 0 Å². The summed E-state index contributed by atoms with van der Waals surface area (Å²) >= 11 is 13.3. The lowest BCUT2D eigenvalue weighted by Crippen LogP contribution is -2.07. The Morgan fingerprint density at radius 1 is 1.11 bits per heavy atom. The molecule has 4 rings (SSSR count). The molecule has 0 bridgehead atoms. The number of nitrogens with one attached hydrogen (secondary N) is 1. The van der Waals surface area contributed by atoms with Crippen LogP contribution >= 0.6 is 34.5 Å². The highest BCUT2D eigenvalue weighted by molar-refractivity contribution is 7.14. The number of thiazole rings is 1. The molecular weight excluding hydrogens is 407 g/mol. The number of hydrogen-bond acceptors (Lipinski definition) is 5. The fourth-order valence-corrected chi connectivity index (χ4v) is 3.48. The normalized spacial score (nSPS) is 12.5. The van der Waals surface area contributed by atoms with Gasteiger partial charge in [0.1, 0.15) is 0 Å². The summed E-state index contributed by atoms with van der Waals surface area (Å²) in [4.78, 5) is 16.5. The highest BCUT2D eigenvalue weighted by Gasteiger charge is 2.12. The van der Waals surface area contributed by atoms with E-state index in [9.17, 15) is 4.79 Å². The van der Waals surface area contributed by atoms with Gasteiger partial charge in [-0.25, -0.2) is 4.98 Å². The zero-order chi connectivity index (χ0) is 18.8. The summed E-state index contributed by atoms with van der Waals surface area (Å²) < 4.78 is 10.6. The zero-order valence-electron chi connectivity index (χ0n) is 13.7. The lowest BCUT2D eigenvalue weighted by atomic mass is 10.2. The van der Waals surface area contributed by atoms with Gasteiger partial charge >= 0.3 is 0 Å². The summed E-state index contributed by atoms with van der Waals surface area (Å²) in [5, 5.41) is 6.03. The SMILES string of the molecule is O=C(/C=C/c1ccc2c(c1)OCO2)Nc1nc(-c2ccc(Cl)c(Cl)c2)cs1. The molecule has 27 heavy (non-hydrogen) atoms. The number of carbonyl (C=O) groups is 1. The van der Waals surface area contributed by atoms with E-state index < -0.39 is 0 Å². The minimum absolute atomic E-state index is 0.216. The number of amides is 1. The van der Waals surface area contributed by atoms with Crippen molar-refractivity contribution in [3.63, 3.8) is 0 Å². The number of rotatable bonds is 4. The van der Waals surface area contributed by atoms with Gasteiger partial charge < -0.3 is 9.47 Å². The largest absolute Gasteiger partial charge is 0.454 e. The second kappa shape index (κ2) is 7.60. The minimum Gasteiger partial charge on any atom is -0.454 e. The topological polar surface area (TPSA) is 60.5 Å². The number of ether oxygens (including phenoxy) is 2. The Bertz CT molecular complexity index is 1050. The van der Waals surface area contributed by atoms with E-state index in [0.29, 0.717) is 32.4 Å². The van der Waals surface area contributed by atoms with Crippen LogP contribution in [0.5, 0.6) is 11.5 Å². The van der Waals surface area contributed by atoms with Crippen LogP contribution in [0.4, 0.5) is 5.13 Å². The van der Waals surface area contributed by atoms with E-state index >= 15 is 0 Å². The summed E-state index contributed by atoms with van der Waals surface area (Å²) in [6, 6.07) is 10.8. The molecule has 8 heteroatoms. The van der Waals surface area contributed by atoms with Crippen LogP contribution in [0.25, 0.3) is 17.3 Å². The van der Waals surface area contributed by atoms with Crippen molar-refractivity contribution in [1.29, 1.82) is 0 Å². The van der Waals surface area contributed by atoms with E-state index in [2.05, 4.69) is 10.3 Å². The molecule has 0 aliphatic carbocycles. The molecule has 0 saturated heterocycles. The van der Waals surface area contributed by atoms with Gasteiger partial charge in [0, 0.05) is 17.0 Å². The maximum atomic E-state index is 12.1. The number of nitrogens with zero attached hydrogens (tertiary/aromatic N) is 1. The average Bonchev–Trinajstić information content (AvgIpc) is 3.31. The monoisotopic (exact) mass is 418 g/mol. The van der Waals surface area contributed by atoms with Crippen molar-refractivity contribution in [2.75, 3.05) is 12.1 Å². The van der Waals surface area contributed by atoms with Gasteiger partial charge in [-0.1, -0.05) is 35.3 Å². The Kier molecular flexibility index (Phi) is 5.03. The van der Waals surface area contributed by atoms with Gasteiger partial charge in [-0.3, -0.25) is 10.1 Å². The summed E-state index contributed by atoms with van der Waals surface area (Å²) in [7, 11) is 0. The molecular formula is C19H12Cl2N2O3S. The van der Waals surface area contributed by atoms with Gasteiger partial charge in [-0.15, -0.1) is 11.3 Å². The molecule has 0 unspecified atom stereocenters. The van der Waals surface area contributed by atoms with Crippen molar-refractivity contribution < 1.29 is 14.3 Å². The summed E-state index contributed by atoms with van der Waals surface area (Å²) in [6.45, 7) is 0.216. The van der Waals surface area contributed by atoms with Gasteiger partial charge in [0.25, 0.3) is 0 Å². The highest BCUT2D eigenvalue weighted by Crippen LogP contribution is 2.33. The average molecular weight is 419 g/mol. The van der Waals surface area contributed by atoms with Crippen LogP contribution in [0.15, 0.2) is 47.9 Å². The van der Waals surface area contributed by atoms with E-state index in [0.717, 1.165) is 11.1 Å². The van der Waals surface area contributed by atoms with Gasteiger partial charge in [-0.05, 0) is 35.9 Å². The first-order chi connectivity index (χ1) is 13.1. The molecule has 3 aromatic rings. The molecule has 1 amide bonds.